The molecule has 8 heteroatoms. The van der Waals surface area contributed by atoms with E-state index in [1.54, 1.807) is 23.9 Å². The van der Waals surface area contributed by atoms with Gasteiger partial charge in [-0.2, -0.15) is 10.5 Å². The number of esters is 1. The first-order chi connectivity index (χ1) is 14.9. The minimum absolute atomic E-state index is 0.0395. The number of nitro groups is 1. The minimum atomic E-state index is -0.638. The van der Waals surface area contributed by atoms with Crippen molar-refractivity contribution in [2.75, 3.05) is 12.9 Å². The summed E-state index contributed by atoms with van der Waals surface area (Å²) in [6.07, 6.45) is 0. The number of thioether (sulfide) groups is 1. The van der Waals surface area contributed by atoms with Gasteiger partial charge in [-0.1, -0.05) is 36.9 Å². The number of allylic oxidation sites excluding steroid dienone is 2. The van der Waals surface area contributed by atoms with Crippen LogP contribution in [0.5, 0.6) is 0 Å². The van der Waals surface area contributed by atoms with Crippen molar-refractivity contribution in [1.29, 1.82) is 10.5 Å². The molecular formula is C23H17N3O4S. The van der Waals surface area contributed by atoms with Crippen LogP contribution < -0.4 is 0 Å². The summed E-state index contributed by atoms with van der Waals surface area (Å²) in [6.45, 7) is 3.93. The third-order valence-corrected chi connectivity index (χ3v) is 6.34. The molecule has 3 rings (SSSR count). The molecule has 1 aliphatic heterocycles. The number of rotatable bonds is 5. The number of carbonyl (C=O) groups excluding carboxylic acids is 1. The van der Waals surface area contributed by atoms with Crippen LogP contribution in [-0.2, 0) is 9.53 Å². The molecule has 2 aromatic rings. The summed E-state index contributed by atoms with van der Waals surface area (Å²) >= 11 is 1.55. The predicted octanol–water partition coefficient (Wildman–Crippen LogP) is 4.63. The van der Waals surface area contributed by atoms with Crippen LogP contribution in [0.25, 0.3) is 5.57 Å². The molecule has 2 atom stereocenters. The number of fused-ring (bicyclic) bond motifs is 1. The fraction of sp³-hybridized carbons (Fsp3) is 0.174. The van der Waals surface area contributed by atoms with Gasteiger partial charge in [-0.25, -0.2) is 4.79 Å². The van der Waals surface area contributed by atoms with Gasteiger partial charge in [-0.15, -0.1) is 11.8 Å². The van der Waals surface area contributed by atoms with Gasteiger partial charge in [0.1, 0.15) is 17.7 Å². The molecule has 0 aromatic heterocycles. The van der Waals surface area contributed by atoms with Gasteiger partial charge in [0, 0.05) is 40.2 Å². The second kappa shape index (κ2) is 9.29. The molecule has 0 radical (unpaired) electrons. The van der Waals surface area contributed by atoms with Crippen LogP contribution in [0.1, 0.15) is 17.0 Å². The summed E-state index contributed by atoms with van der Waals surface area (Å²) in [6, 6.07) is 17.3. The molecule has 0 aliphatic carbocycles. The molecule has 0 bridgehead atoms. The second-order valence-electron chi connectivity index (χ2n) is 6.77. The summed E-state index contributed by atoms with van der Waals surface area (Å²) in [5.41, 5.74) is 1.93. The molecule has 0 fully saturated rings. The van der Waals surface area contributed by atoms with E-state index in [1.165, 1.54) is 19.2 Å². The number of carbonyl (C=O) groups is 1. The van der Waals surface area contributed by atoms with Crippen molar-refractivity contribution >= 4 is 29.0 Å². The number of nitrogens with zero attached hydrogens (tertiary/aromatic N) is 3. The first-order valence-electron chi connectivity index (χ1n) is 9.21. The zero-order valence-electron chi connectivity index (χ0n) is 16.6. The van der Waals surface area contributed by atoms with E-state index in [0.717, 1.165) is 10.5 Å². The van der Waals surface area contributed by atoms with Crippen molar-refractivity contribution in [3.05, 3.63) is 87.5 Å². The molecule has 1 aliphatic rings. The van der Waals surface area contributed by atoms with Crippen LogP contribution in [0, 0.1) is 38.7 Å². The third-order valence-electron chi connectivity index (χ3n) is 5.15. The van der Waals surface area contributed by atoms with Gasteiger partial charge in [-0.05, 0) is 22.8 Å². The Bertz CT molecular complexity index is 1160. The van der Waals surface area contributed by atoms with E-state index in [9.17, 15) is 25.4 Å². The lowest BCUT2D eigenvalue weighted by atomic mass is 9.74. The lowest BCUT2D eigenvalue weighted by molar-refractivity contribution is -0.384. The molecule has 0 unspecified atom stereocenters. The summed E-state index contributed by atoms with van der Waals surface area (Å²) in [5.74, 6) is -1.22. The zero-order valence-corrected chi connectivity index (χ0v) is 17.4. The number of hydrogen-bond donors (Lipinski definition) is 0. The molecule has 0 saturated heterocycles. The lowest BCUT2D eigenvalue weighted by Gasteiger charge is -2.34. The van der Waals surface area contributed by atoms with E-state index in [1.807, 2.05) is 36.4 Å². The van der Waals surface area contributed by atoms with Crippen LogP contribution in [0.4, 0.5) is 5.69 Å². The second-order valence-corrected chi connectivity index (χ2v) is 7.83. The Labute approximate surface area is 183 Å². The van der Waals surface area contributed by atoms with Gasteiger partial charge >= 0.3 is 5.97 Å². The highest BCUT2D eigenvalue weighted by molar-refractivity contribution is 7.99. The number of ether oxygens (including phenoxy) is 1. The maximum absolute atomic E-state index is 12.4. The summed E-state index contributed by atoms with van der Waals surface area (Å²) in [7, 11) is 1.25. The largest absolute Gasteiger partial charge is 0.466 e. The highest BCUT2D eigenvalue weighted by atomic mass is 32.2. The molecule has 0 spiro atoms. The van der Waals surface area contributed by atoms with Crippen LogP contribution in [0.2, 0.25) is 0 Å². The van der Waals surface area contributed by atoms with Crippen molar-refractivity contribution in [3.8, 4) is 12.1 Å². The van der Waals surface area contributed by atoms with Gasteiger partial charge in [0.05, 0.1) is 12.0 Å². The van der Waals surface area contributed by atoms with Crippen LogP contribution in [-0.4, -0.2) is 23.8 Å². The van der Waals surface area contributed by atoms with Gasteiger partial charge in [0.25, 0.3) is 5.69 Å². The molecular weight excluding hydrogens is 414 g/mol. The van der Waals surface area contributed by atoms with E-state index in [4.69, 9.17) is 4.74 Å². The number of benzene rings is 2. The molecule has 154 valence electrons. The highest BCUT2D eigenvalue weighted by Gasteiger charge is 2.37. The zero-order chi connectivity index (χ0) is 22.5. The molecule has 7 nitrogen and oxygen atoms in total. The Hall–Kier alpha value is -3.88. The Morgan fingerprint density at radius 3 is 2.45 bits per heavy atom. The monoisotopic (exact) mass is 431 g/mol. The van der Waals surface area contributed by atoms with E-state index in [-0.39, 0.29) is 16.8 Å². The fourth-order valence-corrected chi connectivity index (χ4v) is 4.97. The Morgan fingerprint density at radius 2 is 1.87 bits per heavy atom. The normalized spacial score (nSPS) is 15.6. The van der Waals surface area contributed by atoms with Crippen molar-refractivity contribution in [1.82, 2.24) is 0 Å². The molecule has 0 saturated carbocycles. The number of methoxy groups -OCH3 is 1. The fourth-order valence-electron chi connectivity index (χ4n) is 3.74. The Morgan fingerprint density at radius 1 is 1.23 bits per heavy atom. The first kappa shape index (κ1) is 21.8. The van der Waals surface area contributed by atoms with Crippen molar-refractivity contribution < 1.29 is 14.5 Å². The third kappa shape index (κ3) is 4.20. The molecule has 1 heterocycles. The SMILES string of the molecule is C=C(C(=O)OC)[C@@H](c1ccc([N+](=O)[O-])cc1)[C@@H]1CSc2ccccc2C1=C(C#N)C#N. The molecule has 0 amide bonds. The van der Waals surface area contributed by atoms with E-state index in [0.29, 0.717) is 16.9 Å². The average molecular weight is 431 g/mol. The summed E-state index contributed by atoms with van der Waals surface area (Å²) in [5, 5.41) is 30.3. The van der Waals surface area contributed by atoms with E-state index >= 15 is 0 Å². The van der Waals surface area contributed by atoms with E-state index in [2.05, 4.69) is 6.58 Å². The number of nitriles is 2. The topological polar surface area (TPSA) is 117 Å². The Balaban J connectivity index is 2.22. The summed E-state index contributed by atoms with van der Waals surface area (Å²) in [4.78, 5) is 23.9. The van der Waals surface area contributed by atoms with Gasteiger partial charge in [0.15, 0.2) is 0 Å². The highest BCUT2D eigenvalue weighted by Crippen LogP contribution is 2.49. The molecule has 31 heavy (non-hydrogen) atoms. The van der Waals surface area contributed by atoms with Crippen LogP contribution in [0.3, 0.4) is 0 Å². The minimum Gasteiger partial charge on any atom is -0.466 e. The number of nitro benzene ring substituents is 1. The van der Waals surface area contributed by atoms with Gasteiger partial charge < -0.3 is 4.74 Å². The Kier molecular flexibility index (Phi) is 6.54. The van der Waals surface area contributed by atoms with E-state index < -0.39 is 22.7 Å². The molecule has 0 N–H and O–H groups in total. The van der Waals surface area contributed by atoms with Gasteiger partial charge in [-0.3, -0.25) is 10.1 Å². The number of hydrogen-bond acceptors (Lipinski definition) is 7. The maximum Gasteiger partial charge on any atom is 0.333 e. The van der Waals surface area contributed by atoms with Crippen LogP contribution >= 0.6 is 11.8 Å². The van der Waals surface area contributed by atoms with Crippen molar-refractivity contribution in [3.63, 3.8) is 0 Å². The average Bonchev–Trinajstić information content (AvgIpc) is 2.80. The smallest absolute Gasteiger partial charge is 0.333 e. The first-order valence-corrected chi connectivity index (χ1v) is 10.2. The quantitative estimate of drug-likeness (QED) is 0.223. The standard InChI is InChI=1S/C23H17N3O4S/c1-14(23(27)30-2)21(15-7-9-17(10-8-15)26(28)29)19-13-31-20-6-4-3-5-18(20)22(19)16(11-24)12-25/h3-10,19,21H,1,13H2,2H3/t19-,21-/m0/s1. The van der Waals surface area contributed by atoms with Crippen molar-refractivity contribution in [2.45, 2.75) is 10.8 Å². The van der Waals surface area contributed by atoms with Gasteiger partial charge in [0.2, 0.25) is 0 Å². The number of non-ortho nitro benzene ring substituents is 1. The maximum atomic E-state index is 12.4. The van der Waals surface area contributed by atoms with Crippen molar-refractivity contribution in [2.24, 2.45) is 5.92 Å². The molecule has 2 aromatic carbocycles. The van der Waals surface area contributed by atoms with Crippen LogP contribution in [0.15, 0.2) is 71.2 Å². The summed E-state index contributed by atoms with van der Waals surface area (Å²) < 4.78 is 4.89. The lowest BCUT2D eigenvalue weighted by Crippen LogP contribution is -2.26. The predicted molar refractivity (Wildman–Crippen MR) is 116 cm³/mol.